The number of rotatable bonds is 7. The maximum absolute atomic E-state index is 12.2. The Hall–Kier alpha value is -3.35. The van der Waals surface area contributed by atoms with Crippen LogP contribution in [0, 0.1) is 0 Å². The minimum absolute atomic E-state index is 0.0717. The Balaban J connectivity index is 1.57. The SMILES string of the molecule is COc1ccc(CCNC(=O)c2nnc(-c3cccc(OC)c3)o2)cc1. The number of benzene rings is 2. The lowest BCUT2D eigenvalue weighted by Crippen LogP contribution is -2.26. The molecule has 134 valence electrons. The molecule has 2 aromatic carbocycles. The van der Waals surface area contributed by atoms with Gasteiger partial charge in [0, 0.05) is 12.1 Å². The first kappa shape index (κ1) is 17.5. The van der Waals surface area contributed by atoms with Gasteiger partial charge in [0.05, 0.1) is 14.2 Å². The zero-order chi connectivity index (χ0) is 18.4. The molecule has 1 heterocycles. The quantitative estimate of drug-likeness (QED) is 0.703. The molecule has 1 aromatic heterocycles. The number of hydrogen-bond acceptors (Lipinski definition) is 6. The summed E-state index contributed by atoms with van der Waals surface area (Å²) in [6, 6.07) is 14.9. The summed E-state index contributed by atoms with van der Waals surface area (Å²) in [6.45, 7) is 0.460. The van der Waals surface area contributed by atoms with E-state index in [9.17, 15) is 4.79 Å². The summed E-state index contributed by atoms with van der Waals surface area (Å²) in [5.74, 6) is 1.27. The van der Waals surface area contributed by atoms with Gasteiger partial charge in [-0.3, -0.25) is 4.79 Å². The third-order valence-corrected chi connectivity index (χ3v) is 3.79. The largest absolute Gasteiger partial charge is 0.497 e. The molecule has 7 heteroatoms. The van der Waals surface area contributed by atoms with Crippen LogP contribution in [0.15, 0.2) is 52.9 Å². The van der Waals surface area contributed by atoms with Crippen LogP contribution in [0.3, 0.4) is 0 Å². The molecular weight excluding hydrogens is 334 g/mol. The van der Waals surface area contributed by atoms with Crippen LogP contribution in [0.1, 0.15) is 16.2 Å². The van der Waals surface area contributed by atoms with Crippen molar-refractivity contribution in [3.63, 3.8) is 0 Å². The molecule has 0 fully saturated rings. The number of amides is 1. The van der Waals surface area contributed by atoms with Gasteiger partial charge in [-0.2, -0.15) is 0 Å². The fraction of sp³-hybridized carbons (Fsp3) is 0.211. The van der Waals surface area contributed by atoms with Crippen molar-refractivity contribution < 1.29 is 18.7 Å². The molecule has 3 aromatic rings. The normalized spacial score (nSPS) is 10.4. The number of hydrogen-bond donors (Lipinski definition) is 1. The fourth-order valence-electron chi connectivity index (χ4n) is 2.38. The van der Waals surface area contributed by atoms with E-state index in [4.69, 9.17) is 13.9 Å². The van der Waals surface area contributed by atoms with Crippen molar-refractivity contribution in [1.82, 2.24) is 15.5 Å². The number of carbonyl (C=O) groups excluding carboxylic acids is 1. The molecule has 0 bridgehead atoms. The van der Waals surface area contributed by atoms with Gasteiger partial charge in [0.25, 0.3) is 0 Å². The zero-order valence-corrected chi connectivity index (χ0v) is 14.6. The predicted molar refractivity (Wildman–Crippen MR) is 95.3 cm³/mol. The maximum atomic E-state index is 12.2. The van der Waals surface area contributed by atoms with Crippen molar-refractivity contribution in [3.05, 3.63) is 60.0 Å². The summed E-state index contributed by atoms with van der Waals surface area (Å²) in [4.78, 5) is 12.2. The molecular formula is C19H19N3O4. The van der Waals surface area contributed by atoms with Crippen molar-refractivity contribution in [2.24, 2.45) is 0 Å². The van der Waals surface area contributed by atoms with Crippen LogP contribution in [0.2, 0.25) is 0 Å². The van der Waals surface area contributed by atoms with Crippen molar-refractivity contribution in [2.45, 2.75) is 6.42 Å². The number of carbonyl (C=O) groups is 1. The highest BCUT2D eigenvalue weighted by Crippen LogP contribution is 2.22. The zero-order valence-electron chi connectivity index (χ0n) is 14.6. The molecule has 0 saturated carbocycles. The smallest absolute Gasteiger partial charge is 0.308 e. The maximum Gasteiger partial charge on any atom is 0.308 e. The van der Waals surface area contributed by atoms with Crippen LogP contribution >= 0.6 is 0 Å². The summed E-state index contributed by atoms with van der Waals surface area (Å²) in [6.07, 6.45) is 0.687. The highest BCUT2D eigenvalue weighted by Gasteiger charge is 2.15. The van der Waals surface area contributed by atoms with E-state index in [0.717, 1.165) is 11.3 Å². The van der Waals surface area contributed by atoms with Gasteiger partial charge in [-0.15, -0.1) is 10.2 Å². The summed E-state index contributed by atoms with van der Waals surface area (Å²) in [5, 5.41) is 10.5. The molecule has 0 spiro atoms. The van der Waals surface area contributed by atoms with Gasteiger partial charge in [0.15, 0.2) is 0 Å². The number of ether oxygens (including phenoxy) is 2. The van der Waals surface area contributed by atoms with Crippen LogP contribution in [-0.2, 0) is 6.42 Å². The number of methoxy groups -OCH3 is 2. The van der Waals surface area contributed by atoms with Gasteiger partial charge in [-0.05, 0) is 42.3 Å². The van der Waals surface area contributed by atoms with E-state index in [1.807, 2.05) is 36.4 Å². The van der Waals surface area contributed by atoms with Crippen LogP contribution in [0.5, 0.6) is 11.5 Å². The van der Waals surface area contributed by atoms with Crippen molar-refractivity contribution in [1.29, 1.82) is 0 Å². The molecule has 0 radical (unpaired) electrons. The third-order valence-electron chi connectivity index (χ3n) is 3.79. The average molecular weight is 353 g/mol. The van der Waals surface area contributed by atoms with Crippen LogP contribution in [-0.4, -0.2) is 36.9 Å². The lowest BCUT2D eigenvalue weighted by Gasteiger charge is -2.04. The summed E-state index contributed by atoms with van der Waals surface area (Å²) < 4.78 is 15.7. The first-order chi connectivity index (χ1) is 12.7. The molecule has 0 aliphatic carbocycles. The summed E-state index contributed by atoms with van der Waals surface area (Å²) in [5.41, 5.74) is 1.78. The monoisotopic (exact) mass is 353 g/mol. The van der Waals surface area contributed by atoms with Crippen molar-refractivity contribution >= 4 is 5.91 Å². The first-order valence-electron chi connectivity index (χ1n) is 8.08. The van der Waals surface area contributed by atoms with E-state index in [1.165, 1.54) is 0 Å². The summed E-state index contributed by atoms with van der Waals surface area (Å²) in [7, 11) is 3.20. The number of nitrogens with one attached hydrogen (secondary N) is 1. The van der Waals surface area contributed by atoms with Crippen LogP contribution in [0.4, 0.5) is 0 Å². The van der Waals surface area contributed by atoms with E-state index in [0.29, 0.717) is 24.3 Å². The molecule has 1 N–H and O–H groups in total. The Bertz CT molecular complexity index is 875. The van der Waals surface area contributed by atoms with Gasteiger partial charge < -0.3 is 19.2 Å². The van der Waals surface area contributed by atoms with E-state index in [2.05, 4.69) is 15.5 Å². The van der Waals surface area contributed by atoms with Crippen LogP contribution < -0.4 is 14.8 Å². The van der Waals surface area contributed by atoms with E-state index < -0.39 is 5.91 Å². The highest BCUT2D eigenvalue weighted by atomic mass is 16.5. The first-order valence-corrected chi connectivity index (χ1v) is 8.08. The molecule has 3 rings (SSSR count). The molecule has 0 saturated heterocycles. The second-order valence-corrected chi connectivity index (χ2v) is 5.50. The van der Waals surface area contributed by atoms with Gasteiger partial charge >= 0.3 is 11.8 Å². The van der Waals surface area contributed by atoms with Crippen molar-refractivity contribution in [3.8, 4) is 23.0 Å². The Morgan fingerprint density at radius 3 is 2.54 bits per heavy atom. The standard InChI is InChI=1S/C19H19N3O4/c1-24-15-8-6-13(7-9-15)10-11-20-17(23)19-22-21-18(26-19)14-4-3-5-16(12-14)25-2/h3-9,12H,10-11H2,1-2H3,(H,20,23). The fourth-order valence-corrected chi connectivity index (χ4v) is 2.38. The van der Waals surface area contributed by atoms with E-state index in [1.54, 1.807) is 26.4 Å². The third kappa shape index (κ3) is 4.18. The number of aromatic nitrogens is 2. The van der Waals surface area contributed by atoms with E-state index in [-0.39, 0.29) is 11.8 Å². The molecule has 1 amide bonds. The molecule has 0 aliphatic rings. The Labute approximate surface area is 151 Å². The van der Waals surface area contributed by atoms with Gasteiger partial charge in [-0.1, -0.05) is 18.2 Å². The predicted octanol–water partition coefficient (Wildman–Crippen LogP) is 2.73. The molecule has 0 atom stereocenters. The van der Waals surface area contributed by atoms with Gasteiger partial charge in [0.2, 0.25) is 5.89 Å². The Morgan fingerprint density at radius 1 is 1.04 bits per heavy atom. The lowest BCUT2D eigenvalue weighted by atomic mass is 10.1. The lowest BCUT2D eigenvalue weighted by molar-refractivity contribution is 0.0920. The van der Waals surface area contributed by atoms with Gasteiger partial charge in [-0.25, -0.2) is 0 Å². The molecule has 0 unspecified atom stereocenters. The summed E-state index contributed by atoms with van der Waals surface area (Å²) >= 11 is 0. The molecule has 0 aliphatic heterocycles. The minimum atomic E-state index is -0.403. The van der Waals surface area contributed by atoms with Gasteiger partial charge in [0.1, 0.15) is 11.5 Å². The van der Waals surface area contributed by atoms with Crippen molar-refractivity contribution in [2.75, 3.05) is 20.8 Å². The second-order valence-electron chi connectivity index (χ2n) is 5.50. The van der Waals surface area contributed by atoms with Crippen LogP contribution in [0.25, 0.3) is 11.5 Å². The van der Waals surface area contributed by atoms with E-state index >= 15 is 0 Å². The minimum Gasteiger partial charge on any atom is -0.497 e. The Kier molecular flexibility index (Phi) is 5.48. The average Bonchev–Trinajstić information content (AvgIpc) is 3.19. The molecule has 26 heavy (non-hydrogen) atoms. The second kappa shape index (κ2) is 8.15. The topological polar surface area (TPSA) is 86.5 Å². The number of nitrogens with zero attached hydrogens (tertiary/aromatic N) is 2. The molecule has 7 nitrogen and oxygen atoms in total. The Morgan fingerprint density at radius 2 is 1.81 bits per heavy atom. The highest BCUT2D eigenvalue weighted by molar-refractivity contribution is 5.89.